The molecule has 5 heteroatoms. The number of aromatic nitrogens is 1. The van der Waals surface area contributed by atoms with Crippen molar-refractivity contribution in [3.63, 3.8) is 0 Å². The second-order valence-corrected chi connectivity index (χ2v) is 5.32. The number of hydrogen-bond acceptors (Lipinski definition) is 4. The number of thiazole rings is 1. The first kappa shape index (κ1) is 11.5. The average Bonchev–Trinajstić information content (AvgIpc) is 2.78. The van der Waals surface area contributed by atoms with Gasteiger partial charge in [-0.15, -0.1) is 11.3 Å². The number of carbonyl (C=O) groups is 1. The lowest BCUT2D eigenvalue weighted by molar-refractivity contribution is 0.0740. The Balaban J connectivity index is 2.07. The Morgan fingerprint density at radius 1 is 1.50 bits per heavy atom. The van der Waals surface area contributed by atoms with Crippen LogP contribution in [0.1, 0.15) is 34.4 Å². The van der Waals surface area contributed by atoms with E-state index in [1.165, 1.54) is 11.3 Å². The summed E-state index contributed by atoms with van der Waals surface area (Å²) in [6, 6.07) is 0. The fourth-order valence-electron chi connectivity index (χ4n) is 1.68. The second-order valence-electron chi connectivity index (χ2n) is 4.26. The maximum Gasteiger partial charge on any atom is 0.265 e. The van der Waals surface area contributed by atoms with Crippen molar-refractivity contribution < 1.29 is 4.79 Å². The highest BCUT2D eigenvalue weighted by molar-refractivity contribution is 7.13. The summed E-state index contributed by atoms with van der Waals surface area (Å²) >= 11 is 1.52. The maximum absolute atomic E-state index is 12.1. The summed E-state index contributed by atoms with van der Waals surface area (Å²) in [5, 5.41) is 4.28. The molecular weight excluding hydrogens is 222 g/mol. The predicted molar refractivity (Wildman–Crippen MR) is 65.0 cm³/mol. The van der Waals surface area contributed by atoms with E-state index in [-0.39, 0.29) is 5.91 Å². The summed E-state index contributed by atoms with van der Waals surface area (Å²) in [6.45, 7) is 7.57. The number of hydrogen-bond donors (Lipinski definition) is 1. The van der Waals surface area contributed by atoms with Crippen LogP contribution in [0, 0.1) is 0 Å². The predicted octanol–water partition coefficient (Wildman–Crippen LogP) is 1.31. The highest BCUT2D eigenvalue weighted by Crippen LogP contribution is 2.22. The molecular formula is C11H17N3OS. The van der Waals surface area contributed by atoms with Gasteiger partial charge in [0.1, 0.15) is 4.88 Å². The van der Waals surface area contributed by atoms with E-state index in [4.69, 9.17) is 0 Å². The first-order valence-electron chi connectivity index (χ1n) is 5.64. The lowest BCUT2D eigenvalue weighted by Crippen LogP contribution is -2.46. The second kappa shape index (κ2) is 4.93. The topological polar surface area (TPSA) is 45.2 Å². The van der Waals surface area contributed by atoms with E-state index in [1.807, 2.05) is 4.90 Å². The van der Waals surface area contributed by atoms with Gasteiger partial charge in [0.15, 0.2) is 0 Å². The molecule has 1 fully saturated rings. The summed E-state index contributed by atoms with van der Waals surface area (Å²) in [5.74, 6) is 0.528. The van der Waals surface area contributed by atoms with Crippen LogP contribution >= 0.6 is 11.3 Å². The lowest BCUT2D eigenvalue weighted by Gasteiger charge is -2.26. The van der Waals surface area contributed by atoms with Crippen LogP contribution < -0.4 is 5.32 Å². The maximum atomic E-state index is 12.1. The van der Waals surface area contributed by atoms with E-state index in [2.05, 4.69) is 24.1 Å². The third kappa shape index (κ3) is 2.41. The Labute approximate surface area is 99.7 Å². The SMILES string of the molecule is CC(C)c1ncc(C(=O)N2CCNCC2)s1. The van der Waals surface area contributed by atoms with Gasteiger partial charge in [-0.25, -0.2) is 4.98 Å². The Morgan fingerprint density at radius 3 is 2.75 bits per heavy atom. The number of carbonyl (C=O) groups excluding carboxylic acids is 1. The molecule has 0 spiro atoms. The van der Waals surface area contributed by atoms with Crippen molar-refractivity contribution in [2.75, 3.05) is 26.2 Å². The van der Waals surface area contributed by atoms with Crippen LogP contribution in [0.4, 0.5) is 0 Å². The van der Waals surface area contributed by atoms with Crippen LogP contribution in [0.2, 0.25) is 0 Å². The average molecular weight is 239 g/mol. The van der Waals surface area contributed by atoms with Crippen LogP contribution in [-0.2, 0) is 0 Å². The Hall–Kier alpha value is -0.940. The van der Waals surface area contributed by atoms with Gasteiger partial charge in [0.2, 0.25) is 0 Å². The van der Waals surface area contributed by atoms with Gasteiger partial charge in [-0.1, -0.05) is 13.8 Å². The molecule has 0 unspecified atom stereocenters. The van der Waals surface area contributed by atoms with Gasteiger partial charge in [-0.3, -0.25) is 4.79 Å². The van der Waals surface area contributed by atoms with Gasteiger partial charge in [0.05, 0.1) is 11.2 Å². The quantitative estimate of drug-likeness (QED) is 0.846. The molecule has 1 amide bonds. The molecule has 0 radical (unpaired) electrons. The Bertz CT molecular complexity index is 369. The van der Waals surface area contributed by atoms with Gasteiger partial charge < -0.3 is 10.2 Å². The van der Waals surface area contributed by atoms with Crippen molar-refractivity contribution in [2.45, 2.75) is 19.8 Å². The summed E-state index contributed by atoms with van der Waals surface area (Å²) < 4.78 is 0. The summed E-state index contributed by atoms with van der Waals surface area (Å²) in [7, 11) is 0. The molecule has 88 valence electrons. The minimum absolute atomic E-state index is 0.130. The molecule has 0 saturated carbocycles. The molecule has 1 aromatic rings. The van der Waals surface area contributed by atoms with E-state index in [0.717, 1.165) is 36.1 Å². The largest absolute Gasteiger partial charge is 0.335 e. The van der Waals surface area contributed by atoms with Gasteiger partial charge in [-0.2, -0.15) is 0 Å². The molecule has 1 saturated heterocycles. The van der Waals surface area contributed by atoms with E-state index in [1.54, 1.807) is 6.20 Å². The van der Waals surface area contributed by atoms with Crippen LogP contribution in [-0.4, -0.2) is 42.0 Å². The molecule has 0 aliphatic carbocycles. The number of nitrogens with zero attached hydrogens (tertiary/aromatic N) is 2. The van der Waals surface area contributed by atoms with Crippen molar-refractivity contribution in [1.29, 1.82) is 0 Å². The normalized spacial score (nSPS) is 16.8. The molecule has 0 bridgehead atoms. The van der Waals surface area contributed by atoms with Gasteiger partial charge in [0.25, 0.3) is 5.91 Å². The van der Waals surface area contributed by atoms with Gasteiger partial charge in [-0.05, 0) is 0 Å². The molecule has 1 aliphatic rings. The number of nitrogens with one attached hydrogen (secondary N) is 1. The van der Waals surface area contributed by atoms with Crippen molar-refractivity contribution in [3.8, 4) is 0 Å². The first-order valence-corrected chi connectivity index (χ1v) is 6.46. The number of amides is 1. The Morgan fingerprint density at radius 2 is 2.19 bits per heavy atom. The molecule has 1 aliphatic heterocycles. The summed E-state index contributed by atoms with van der Waals surface area (Å²) in [5.41, 5.74) is 0. The van der Waals surface area contributed by atoms with Crippen molar-refractivity contribution in [1.82, 2.24) is 15.2 Å². The minimum Gasteiger partial charge on any atom is -0.335 e. The summed E-state index contributed by atoms with van der Waals surface area (Å²) in [6.07, 6.45) is 1.71. The standard InChI is InChI=1S/C11H17N3OS/c1-8(2)10-13-7-9(16-10)11(15)14-5-3-12-4-6-14/h7-8,12H,3-6H2,1-2H3. The molecule has 16 heavy (non-hydrogen) atoms. The highest BCUT2D eigenvalue weighted by atomic mass is 32.1. The number of piperazine rings is 1. The minimum atomic E-state index is 0.130. The van der Waals surface area contributed by atoms with E-state index < -0.39 is 0 Å². The zero-order valence-corrected chi connectivity index (χ0v) is 10.5. The van der Waals surface area contributed by atoms with Crippen LogP contribution in [0.25, 0.3) is 0 Å². The molecule has 2 heterocycles. The van der Waals surface area contributed by atoms with Gasteiger partial charge in [0, 0.05) is 32.1 Å². The third-order valence-corrected chi connectivity index (χ3v) is 3.92. The number of rotatable bonds is 2. The van der Waals surface area contributed by atoms with Crippen LogP contribution in [0.15, 0.2) is 6.20 Å². The highest BCUT2D eigenvalue weighted by Gasteiger charge is 2.20. The molecule has 0 aromatic carbocycles. The molecule has 4 nitrogen and oxygen atoms in total. The van der Waals surface area contributed by atoms with E-state index in [0.29, 0.717) is 5.92 Å². The fraction of sp³-hybridized carbons (Fsp3) is 0.636. The van der Waals surface area contributed by atoms with Crippen LogP contribution in [0.5, 0.6) is 0 Å². The molecule has 0 atom stereocenters. The van der Waals surface area contributed by atoms with Gasteiger partial charge >= 0.3 is 0 Å². The lowest BCUT2D eigenvalue weighted by atomic mass is 10.2. The molecule has 1 N–H and O–H groups in total. The van der Waals surface area contributed by atoms with E-state index in [9.17, 15) is 4.79 Å². The zero-order valence-electron chi connectivity index (χ0n) is 9.69. The molecule has 1 aromatic heterocycles. The zero-order chi connectivity index (χ0) is 11.5. The van der Waals surface area contributed by atoms with Crippen molar-refractivity contribution in [2.24, 2.45) is 0 Å². The smallest absolute Gasteiger partial charge is 0.265 e. The monoisotopic (exact) mass is 239 g/mol. The first-order chi connectivity index (χ1) is 7.68. The molecule has 2 rings (SSSR count). The fourth-order valence-corrected chi connectivity index (χ4v) is 2.57. The van der Waals surface area contributed by atoms with Crippen molar-refractivity contribution >= 4 is 17.2 Å². The van der Waals surface area contributed by atoms with E-state index >= 15 is 0 Å². The van der Waals surface area contributed by atoms with Crippen LogP contribution in [0.3, 0.4) is 0 Å². The van der Waals surface area contributed by atoms with Crippen molar-refractivity contribution in [3.05, 3.63) is 16.1 Å². The Kier molecular flexibility index (Phi) is 3.56. The summed E-state index contributed by atoms with van der Waals surface area (Å²) in [4.78, 5) is 19.1. The third-order valence-electron chi connectivity index (χ3n) is 2.63.